The fourth-order valence-corrected chi connectivity index (χ4v) is 3.35. The average molecular weight is 398 g/mol. The van der Waals surface area contributed by atoms with Crippen molar-refractivity contribution in [2.24, 2.45) is 10.9 Å². The number of hydrogen-bond donors (Lipinski definition) is 2. The largest absolute Gasteiger partial charge is 0.325 e. The Morgan fingerprint density at radius 1 is 1.43 bits per heavy atom. The van der Waals surface area contributed by atoms with Crippen LogP contribution in [0.1, 0.15) is 26.7 Å². The van der Waals surface area contributed by atoms with E-state index in [4.69, 9.17) is 0 Å². The Balaban J connectivity index is 1.87. The molecule has 0 bridgehead atoms. The Labute approximate surface area is 148 Å². The number of carbonyl (C=O) groups excluding carboxylic acids is 2. The lowest BCUT2D eigenvalue weighted by molar-refractivity contribution is -0.122. The Hall–Kier alpha value is -1.34. The monoisotopic (exact) mass is 397 g/mol. The number of nitrogens with zero attached hydrogens (tertiary/aromatic N) is 1. The molecule has 1 heterocycles. The van der Waals surface area contributed by atoms with Crippen molar-refractivity contribution in [3.63, 3.8) is 0 Å². The van der Waals surface area contributed by atoms with Crippen LogP contribution in [0.2, 0.25) is 0 Å². The summed E-state index contributed by atoms with van der Waals surface area (Å²) >= 11 is 4.71. The molecule has 2 amide bonds. The number of hydrogen-bond acceptors (Lipinski definition) is 4. The second-order valence-electron chi connectivity index (χ2n) is 5.70. The topological polar surface area (TPSA) is 70.6 Å². The van der Waals surface area contributed by atoms with E-state index in [0.29, 0.717) is 23.3 Å². The van der Waals surface area contributed by atoms with Gasteiger partial charge < -0.3 is 10.6 Å². The lowest BCUT2D eigenvalue weighted by Crippen LogP contribution is -2.28. The first-order valence-corrected chi connectivity index (χ1v) is 9.19. The number of aliphatic imine (C=N–C) groups is 1. The Morgan fingerprint density at radius 2 is 2.17 bits per heavy atom. The summed E-state index contributed by atoms with van der Waals surface area (Å²) in [6.45, 7) is 4.96. The van der Waals surface area contributed by atoms with Crippen LogP contribution in [0.5, 0.6) is 0 Å². The molecule has 1 fully saturated rings. The minimum atomic E-state index is -0.421. The number of rotatable bonds is 6. The van der Waals surface area contributed by atoms with Crippen LogP contribution >= 0.6 is 27.7 Å². The smallest absolute Gasteiger partial charge is 0.240 e. The van der Waals surface area contributed by atoms with Gasteiger partial charge in [0.15, 0.2) is 5.17 Å². The molecular weight excluding hydrogens is 378 g/mol. The molecule has 0 radical (unpaired) electrons. The fourth-order valence-electron chi connectivity index (χ4n) is 1.97. The van der Waals surface area contributed by atoms with Gasteiger partial charge in [-0.25, -0.2) is 0 Å². The molecule has 0 aliphatic carbocycles. The number of thioether (sulfide) groups is 1. The lowest BCUT2D eigenvalue weighted by Gasteiger charge is -2.08. The summed E-state index contributed by atoms with van der Waals surface area (Å²) in [5.74, 6) is 0.237. The zero-order valence-corrected chi connectivity index (χ0v) is 15.5. The molecule has 1 aromatic rings. The highest BCUT2D eigenvalue weighted by Crippen LogP contribution is 2.25. The number of benzene rings is 1. The van der Waals surface area contributed by atoms with E-state index in [1.165, 1.54) is 11.8 Å². The number of amidine groups is 1. The predicted molar refractivity (Wildman–Crippen MR) is 98.7 cm³/mol. The van der Waals surface area contributed by atoms with Gasteiger partial charge in [0.2, 0.25) is 11.8 Å². The SMILES string of the molecule is CC(C)CCN=C1NC(=O)[C@H](CC(=O)Nc2ccccc2Br)S1. The summed E-state index contributed by atoms with van der Waals surface area (Å²) in [7, 11) is 0. The second kappa shape index (κ2) is 8.49. The highest BCUT2D eigenvalue weighted by Gasteiger charge is 2.32. The third-order valence-corrected chi connectivity index (χ3v) is 5.07. The van der Waals surface area contributed by atoms with E-state index in [1.54, 1.807) is 0 Å². The third kappa shape index (κ3) is 5.66. The Bertz CT molecular complexity index is 619. The van der Waals surface area contributed by atoms with Gasteiger partial charge in [0.25, 0.3) is 0 Å². The van der Waals surface area contributed by atoms with E-state index in [1.807, 2.05) is 24.3 Å². The maximum Gasteiger partial charge on any atom is 0.240 e. The van der Waals surface area contributed by atoms with Crippen molar-refractivity contribution >= 4 is 50.4 Å². The molecule has 124 valence electrons. The third-order valence-electron chi connectivity index (χ3n) is 3.26. The van der Waals surface area contributed by atoms with Gasteiger partial charge in [-0.05, 0) is 40.4 Å². The number of amides is 2. The van der Waals surface area contributed by atoms with Gasteiger partial charge in [0.1, 0.15) is 5.25 Å². The molecule has 2 rings (SSSR count). The van der Waals surface area contributed by atoms with Crippen LogP contribution in [0.4, 0.5) is 5.69 Å². The molecule has 1 atom stereocenters. The molecule has 7 heteroatoms. The minimum Gasteiger partial charge on any atom is -0.325 e. The highest BCUT2D eigenvalue weighted by atomic mass is 79.9. The van der Waals surface area contributed by atoms with Gasteiger partial charge in [0.05, 0.1) is 5.69 Å². The number of para-hydroxylation sites is 1. The molecule has 5 nitrogen and oxygen atoms in total. The zero-order chi connectivity index (χ0) is 16.8. The minimum absolute atomic E-state index is 0.126. The van der Waals surface area contributed by atoms with Gasteiger partial charge in [-0.2, -0.15) is 0 Å². The van der Waals surface area contributed by atoms with Crippen molar-refractivity contribution < 1.29 is 9.59 Å². The van der Waals surface area contributed by atoms with Crippen LogP contribution in [0.3, 0.4) is 0 Å². The molecule has 23 heavy (non-hydrogen) atoms. The van der Waals surface area contributed by atoms with Crippen LogP contribution < -0.4 is 10.6 Å². The summed E-state index contributed by atoms with van der Waals surface area (Å²) in [4.78, 5) is 28.4. The summed E-state index contributed by atoms with van der Waals surface area (Å²) in [5.41, 5.74) is 0.701. The molecule has 0 saturated carbocycles. The van der Waals surface area contributed by atoms with Crippen molar-refractivity contribution in [2.75, 3.05) is 11.9 Å². The molecule has 1 aliphatic heterocycles. The lowest BCUT2D eigenvalue weighted by atomic mass is 10.1. The van der Waals surface area contributed by atoms with Gasteiger partial charge in [-0.3, -0.25) is 14.6 Å². The van der Waals surface area contributed by atoms with E-state index in [9.17, 15) is 9.59 Å². The van der Waals surface area contributed by atoms with Crippen LogP contribution in [-0.4, -0.2) is 28.8 Å². The molecule has 0 spiro atoms. The normalized spacial score (nSPS) is 19.2. The standard InChI is InChI=1S/C16H20BrN3O2S/c1-10(2)7-8-18-16-20-15(22)13(23-16)9-14(21)19-12-6-4-3-5-11(12)17/h3-6,10,13H,7-9H2,1-2H3,(H,19,21)(H,18,20,22)/t13-/m0/s1. The second-order valence-corrected chi connectivity index (χ2v) is 7.74. The maximum absolute atomic E-state index is 12.1. The molecule has 2 N–H and O–H groups in total. The Kier molecular flexibility index (Phi) is 6.65. The quantitative estimate of drug-likeness (QED) is 0.772. The van der Waals surface area contributed by atoms with Gasteiger partial charge in [0, 0.05) is 17.4 Å². The molecule has 0 aromatic heterocycles. The van der Waals surface area contributed by atoms with Crippen molar-refractivity contribution in [2.45, 2.75) is 31.9 Å². The average Bonchev–Trinajstić information content (AvgIpc) is 2.81. The van der Waals surface area contributed by atoms with E-state index in [-0.39, 0.29) is 18.2 Å². The van der Waals surface area contributed by atoms with Gasteiger partial charge in [-0.1, -0.05) is 37.7 Å². The van der Waals surface area contributed by atoms with E-state index in [0.717, 1.165) is 10.9 Å². The molecular formula is C16H20BrN3O2S. The van der Waals surface area contributed by atoms with Gasteiger partial charge >= 0.3 is 0 Å². The summed E-state index contributed by atoms with van der Waals surface area (Å²) in [6, 6.07) is 7.38. The van der Waals surface area contributed by atoms with Crippen LogP contribution in [-0.2, 0) is 9.59 Å². The van der Waals surface area contributed by atoms with Gasteiger partial charge in [-0.15, -0.1) is 0 Å². The first-order chi connectivity index (χ1) is 11.0. The molecule has 1 aromatic carbocycles. The van der Waals surface area contributed by atoms with E-state index >= 15 is 0 Å². The van der Waals surface area contributed by atoms with Crippen LogP contribution in [0.15, 0.2) is 33.7 Å². The number of anilines is 1. The summed E-state index contributed by atoms with van der Waals surface area (Å²) < 4.78 is 0.813. The van der Waals surface area contributed by atoms with Crippen molar-refractivity contribution in [3.05, 3.63) is 28.7 Å². The first-order valence-electron chi connectivity index (χ1n) is 7.52. The molecule has 0 unspecified atom stereocenters. The first kappa shape index (κ1) is 18.0. The van der Waals surface area contributed by atoms with Crippen molar-refractivity contribution in [1.29, 1.82) is 0 Å². The predicted octanol–water partition coefficient (Wildman–Crippen LogP) is 3.41. The number of halogens is 1. The van der Waals surface area contributed by atoms with E-state index in [2.05, 4.69) is 45.4 Å². The Morgan fingerprint density at radius 3 is 2.87 bits per heavy atom. The van der Waals surface area contributed by atoms with Crippen molar-refractivity contribution in [3.8, 4) is 0 Å². The zero-order valence-electron chi connectivity index (χ0n) is 13.1. The number of carbonyl (C=O) groups is 2. The molecule has 1 saturated heterocycles. The van der Waals surface area contributed by atoms with Crippen molar-refractivity contribution in [1.82, 2.24) is 5.32 Å². The maximum atomic E-state index is 12.1. The summed E-state index contributed by atoms with van der Waals surface area (Å²) in [6.07, 6.45) is 1.11. The van der Waals surface area contributed by atoms with Crippen LogP contribution in [0, 0.1) is 5.92 Å². The molecule has 1 aliphatic rings. The highest BCUT2D eigenvalue weighted by molar-refractivity contribution is 9.10. The fraction of sp³-hybridized carbons (Fsp3) is 0.438. The van der Waals surface area contributed by atoms with Crippen LogP contribution in [0.25, 0.3) is 0 Å². The van der Waals surface area contributed by atoms with E-state index < -0.39 is 5.25 Å². The number of nitrogens with one attached hydrogen (secondary N) is 2. The summed E-state index contributed by atoms with van der Waals surface area (Å²) in [5, 5.41) is 5.75.